The summed E-state index contributed by atoms with van der Waals surface area (Å²) in [5.41, 5.74) is 1.65. The van der Waals surface area contributed by atoms with Gasteiger partial charge in [-0.3, -0.25) is 4.79 Å². The first-order valence-electron chi connectivity index (χ1n) is 9.36. The van der Waals surface area contributed by atoms with Gasteiger partial charge in [0.1, 0.15) is 24.0 Å². The molecule has 1 aliphatic rings. The Hall–Kier alpha value is -1.52. The molecule has 1 N–H and O–H groups in total. The zero-order valence-corrected chi connectivity index (χ0v) is 20.5. The average molecular weight is 573 g/mol. The Morgan fingerprint density at radius 2 is 1.83 bits per heavy atom. The Bertz CT molecular complexity index is 1010. The van der Waals surface area contributed by atoms with Crippen LogP contribution >= 0.6 is 55.1 Å². The van der Waals surface area contributed by atoms with Crippen molar-refractivity contribution in [2.75, 3.05) is 0 Å². The lowest BCUT2D eigenvalue weighted by Gasteiger charge is -2.13. The van der Waals surface area contributed by atoms with Crippen molar-refractivity contribution in [3.05, 3.63) is 66.0 Å². The van der Waals surface area contributed by atoms with Crippen molar-refractivity contribution in [1.29, 1.82) is 5.26 Å². The number of ether oxygens (including phenoxy) is 1. The number of carbonyl (C=O) groups is 1. The van der Waals surface area contributed by atoms with Crippen LogP contribution in [0.1, 0.15) is 36.8 Å². The molecule has 0 radical (unpaired) electrons. The highest BCUT2D eigenvalue weighted by atomic mass is 79.9. The minimum atomic E-state index is -0.336. The van der Waals surface area contributed by atoms with Crippen LogP contribution in [0.3, 0.4) is 0 Å². The summed E-state index contributed by atoms with van der Waals surface area (Å²) in [4.78, 5) is 12.4. The maximum absolute atomic E-state index is 12.4. The van der Waals surface area contributed by atoms with Crippen molar-refractivity contribution in [3.63, 3.8) is 0 Å². The van der Waals surface area contributed by atoms with Gasteiger partial charge in [-0.1, -0.05) is 42.1 Å². The van der Waals surface area contributed by atoms with Crippen molar-refractivity contribution in [3.8, 4) is 11.8 Å². The number of carbonyl (C=O) groups excluding carboxylic acids is 1. The van der Waals surface area contributed by atoms with Crippen molar-refractivity contribution < 1.29 is 9.53 Å². The third-order valence-corrected chi connectivity index (χ3v) is 6.67. The molecule has 1 aliphatic carbocycles. The normalized spacial score (nSPS) is 14.4. The largest absolute Gasteiger partial charge is 0.487 e. The number of nitrogens with one attached hydrogen (secondary N) is 1. The lowest BCUT2D eigenvalue weighted by Crippen LogP contribution is -2.33. The fraction of sp³-hybridized carbons (Fsp3) is 0.273. The molecule has 0 unspecified atom stereocenters. The van der Waals surface area contributed by atoms with Gasteiger partial charge in [-0.25, -0.2) is 0 Å². The van der Waals surface area contributed by atoms with Crippen LogP contribution in [0.2, 0.25) is 10.0 Å². The van der Waals surface area contributed by atoms with Gasteiger partial charge in [-0.2, -0.15) is 5.26 Å². The third kappa shape index (κ3) is 6.01. The lowest BCUT2D eigenvalue weighted by atomic mass is 10.1. The monoisotopic (exact) mass is 570 g/mol. The summed E-state index contributed by atoms with van der Waals surface area (Å²) in [6.45, 7) is 0.302. The predicted octanol–water partition coefficient (Wildman–Crippen LogP) is 7.06. The zero-order chi connectivity index (χ0) is 21.7. The Kier molecular flexibility index (Phi) is 8.24. The van der Waals surface area contributed by atoms with E-state index < -0.39 is 0 Å². The molecule has 30 heavy (non-hydrogen) atoms. The predicted molar refractivity (Wildman–Crippen MR) is 127 cm³/mol. The summed E-state index contributed by atoms with van der Waals surface area (Å²) in [7, 11) is 0. The van der Waals surface area contributed by atoms with E-state index >= 15 is 0 Å². The van der Waals surface area contributed by atoms with Gasteiger partial charge in [-0.05, 0) is 86.2 Å². The van der Waals surface area contributed by atoms with Gasteiger partial charge in [0.25, 0.3) is 5.91 Å². The van der Waals surface area contributed by atoms with Crippen LogP contribution in [0.5, 0.6) is 5.75 Å². The fourth-order valence-corrected chi connectivity index (χ4v) is 5.01. The molecule has 0 bridgehead atoms. The number of amides is 1. The quantitative estimate of drug-likeness (QED) is 0.298. The van der Waals surface area contributed by atoms with Crippen molar-refractivity contribution in [2.45, 2.75) is 38.3 Å². The van der Waals surface area contributed by atoms with Crippen LogP contribution in [-0.2, 0) is 11.4 Å². The second-order valence-corrected chi connectivity index (χ2v) is 9.50. The minimum absolute atomic E-state index is 0.0742. The zero-order valence-electron chi connectivity index (χ0n) is 15.9. The molecular weight excluding hydrogens is 555 g/mol. The van der Waals surface area contributed by atoms with Crippen LogP contribution in [-0.4, -0.2) is 11.9 Å². The molecule has 8 heteroatoms. The number of nitriles is 1. The van der Waals surface area contributed by atoms with E-state index in [9.17, 15) is 10.1 Å². The molecule has 0 heterocycles. The van der Waals surface area contributed by atoms with Gasteiger partial charge in [0, 0.05) is 6.04 Å². The second kappa shape index (κ2) is 10.7. The molecule has 0 spiro atoms. The number of hydrogen-bond acceptors (Lipinski definition) is 3. The molecule has 0 aliphatic heterocycles. The van der Waals surface area contributed by atoms with Crippen molar-refractivity contribution in [2.24, 2.45) is 0 Å². The number of benzene rings is 2. The van der Waals surface area contributed by atoms with Crippen LogP contribution in [0, 0.1) is 11.3 Å². The van der Waals surface area contributed by atoms with Crippen molar-refractivity contribution in [1.82, 2.24) is 5.32 Å². The van der Waals surface area contributed by atoms with E-state index in [1.54, 1.807) is 30.3 Å². The van der Waals surface area contributed by atoms with Crippen LogP contribution in [0.15, 0.2) is 44.9 Å². The SMILES string of the molecule is N#C/C(=C/c1cc(Br)c(OCc2ccc(Cl)c(Cl)c2)c(Br)c1)C(=O)NC1CCCC1. The molecule has 4 nitrogen and oxygen atoms in total. The molecule has 0 atom stereocenters. The van der Waals surface area contributed by atoms with Crippen molar-refractivity contribution >= 4 is 67.0 Å². The molecule has 2 aromatic rings. The summed E-state index contributed by atoms with van der Waals surface area (Å²) < 4.78 is 7.29. The molecule has 1 fully saturated rings. The first kappa shape index (κ1) is 23.1. The van der Waals surface area contributed by atoms with E-state index in [2.05, 4.69) is 37.2 Å². The minimum Gasteiger partial charge on any atom is -0.487 e. The van der Waals surface area contributed by atoms with Crippen LogP contribution < -0.4 is 10.1 Å². The average Bonchev–Trinajstić information content (AvgIpc) is 3.21. The van der Waals surface area contributed by atoms with Gasteiger partial charge in [0.2, 0.25) is 0 Å². The lowest BCUT2D eigenvalue weighted by molar-refractivity contribution is -0.117. The van der Waals surface area contributed by atoms with Crippen LogP contribution in [0.4, 0.5) is 0 Å². The van der Waals surface area contributed by atoms with E-state index in [0.29, 0.717) is 36.9 Å². The molecule has 0 aromatic heterocycles. The summed E-state index contributed by atoms with van der Waals surface area (Å²) in [6.07, 6.45) is 5.72. The first-order valence-corrected chi connectivity index (χ1v) is 11.7. The standard InChI is InChI=1S/C22H18Br2Cl2N2O2/c23-17-8-14(7-15(11-27)22(29)28-16-3-1-2-4-16)9-18(24)21(17)30-12-13-5-6-19(25)20(26)10-13/h5-10,16H,1-4,12H2,(H,28,29)/b15-7-. The summed E-state index contributed by atoms with van der Waals surface area (Å²) in [5.74, 6) is 0.267. The third-order valence-electron chi connectivity index (χ3n) is 4.75. The second-order valence-electron chi connectivity index (χ2n) is 6.98. The Morgan fingerprint density at radius 1 is 1.17 bits per heavy atom. The summed E-state index contributed by atoms with van der Waals surface area (Å²) >= 11 is 19.0. The molecule has 156 valence electrons. The molecule has 1 amide bonds. The van der Waals surface area contributed by atoms with Gasteiger partial charge in [0.15, 0.2) is 0 Å². The number of halogens is 4. The highest BCUT2D eigenvalue weighted by Crippen LogP contribution is 2.36. The molecule has 2 aromatic carbocycles. The van der Waals surface area contributed by atoms with Crippen LogP contribution in [0.25, 0.3) is 6.08 Å². The smallest absolute Gasteiger partial charge is 0.262 e. The molecule has 1 saturated carbocycles. The highest BCUT2D eigenvalue weighted by molar-refractivity contribution is 9.11. The summed E-state index contributed by atoms with van der Waals surface area (Å²) in [5, 5.41) is 13.3. The number of hydrogen-bond donors (Lipinski definition) is 1. The maximum Gasteiger partial charge on any atom is 0.262 e. The Morgan fingerprint density at radius 3 is 2.43 bits per heavy atom. The van der Waals surface area contributed by atoms with Gasteiger partial charge in [0.05, 0.1) is 19.0 Å². The summed E-state index contributed by atoms with van der Waals surface area (Å²) in [6, 6.07) is 11.1. The fourth-order valence-electron chi connectivity index (χ4n) is 3.23. The number of nitrogens with zero attached hydrogens (tertiary/aromatic N) is 1. The molecule has 3 rings (SSSR count). The highest BCUT2D eigenvalue weighted by Gasteiger charge is 2.19. The Balaban J connectivity index is 1.74. The van der Waals surface area contributed by atoms with E-state index in [4.69, 9.17) is 27.9 Å². The van der Waals surface area contributed by atoms with E-state index in [1.807, 2.05) is 12.1 Å². The number of rotatable bonds is 6. The topological polar surface area (TPSA) is 62.1 Å². The van der Waals surface area contributed by atoms with E-state index in [0.717, 1.165) is 31.2 Å². The molecule has 0 saturated heterocycles. The van der Waals surface area contributed by atoms with Gasteiger partial charge in [-0.15, -0.1) is 0 Å². The van der Waals surface area contributed by atoms with Gasteiger partial charge < -0.3 is 10.1 Å². The Labute approximate surface area is 202 Å². The van der Waals surface area contributed by atoms with E-state index in [1.165, 1.54) is 0 Å². The maximum atomic E-state index is 12.4. The molecular formula is C22H18Br2Cl2N2O2. The first-order chi connectivity index (χ1) is 14.4. The van der Waals surface area contributed by atoms with E-state index in [-0.39, 0.29) is 17.5 Å². The van der Waals surface area contributed by atoms with Gasteiger partial charge >= 0.3 is 0 Å².